The van der Waals surface area contributed by atoms with Crippen molar-refractivity contribution in [3.63, 3.8) is 0 Å². The zero-order valence-electron chi connectivity index (χ0n) is 16.6. The number of carbonyl (C=O) groups excluding carboxylic acids is 3. The Morgan fingerprint density at radius 3 is 2.71 bits per heavy atom. The molecule has 3 N–H and O–H groups in total. The standard InChI is InChI=1S/C19H30BrN3O5/c1-4-5-6-7-22-17(26)15-19-8-11(20)14(28-19)12(16(25)21-3)13(19)18(27)23(15)10(2)9-24/h10-15,24H,4-9H2,1-3H3,(H,21,25)(H,22,26)/t10-,11?,12+,13+,14+,15?,19?/m1/s1. The van der Waals surface area contributed by atoms with E-state index >= 15 is 0 Å². The van der Waals surface area contributed by atoms with Gasteiger partial charge in [0.2, 0.25) is 17.7 Å². The zero-order chi connectivity index (χ0) is 20.6. The Kier molecular flexibility index (Phi) is 6.36. The summed E-state index contributed by atoms with van der Waals surface area (Å²) in [7, 11) is 1.54. The fraction of sp³-hybridized carbons (Fsp3) is 0.842. The number of alkyl halides is 1. The van der Waals surface area contributed by atoms with E-state index in [9.17, 15) is 19.5 Å². The van der Waals surface area contributed by atoms with Gasteiger partial charge in [-0.05, 0) is 19.8 Å². The summed E-state index contributed by atoms with van der Waals surface area (Å²) in [6.07, 6.45) is 2.94. The third-order valence-electron chi connectivity index (χ3n) is 6.34. The van der Waals surface area contributed by atoms with Crippen LogP contribution in [0.3, 0.4) is 0 Å². The predicted octanol–water partition coefficient (Wildman–Crippen LogP) is 0.168. The lowest BCUT2D eigenvalue weighted by Crippen LogP contribution is -2.57. The highest BCUT2D eigenvalue weighted by molar-refractivity contribution is 9.09. The van der Waals surface area contributed by atoms with Crippen molar-refractivity contribution in [1.82, 2.24) is 15.5 Å². The molecular weight excluding hydrogens is 430 g/mol. The number of nitrogens with zero attached hydrogens (tertiary/aromatic N) is 1. The fourth-order valence-corrected chi connectivity index (χ4v) is 6.02. The van der Waals surface area contributed by atoms with E-state index in [4.69, 9.17) is 4.74 Å². The quantitative estimate of drug-likeness (QED) is 0.354. The minimum absolute atomic E-state index is 0.112. The molecule has 1 spiro atoms. The molecule has 3 rings (SSSR count). The molecule has 3 unspecified atom stereocenters. The van der Waals surface area contributed by atoms with Crippen molar-refractivity contribution in [2.45, 2.75) is 68.1 Å². The molecule has 3 amide bonds. The first-order valence-corrected chi connectivity index (χ1v) is 11.0. The van der Waals surface area contributed by atoms with Gasteiger partial charge in [-0.1, -0.05) is 35.7 Å². The number of aliphatic hydroxyl groups excluding tert-OH is 1. The van der Waals surface area contributed by atoms with Gasteiger partial charge in [-0.15, -0.1) is 0 Å². The van der Waals surface area contributed by atoms with Crippen LogP contribution in [0.1, 0.15) is 39.5 Å². The maximum Gasteiger partial charge on any atom is 0.245 e. The minimum Gasteiger partial charge on any atom is -0.394 e. The van der Waals surface area contributed by atoms with Crippen LogP contribution in [0.25, 0.3) is 0 Å². The highest BCUT2D eigenvalue weighted by Crippen LogP contribution is 2.60. The first-order valence-electron chi connectivity index (χ1n) is 10.1. The molecule has 0 aromatic rings. The third-order valence-corrected chi connectivity index (χ3v) is 7.19. The van der Waals surface area contributed by atoms with Crippen LogP contribution >= 0.6 is 15.9 Å². The van der Waals surface area contributed by atoms with Gasteiger partial charge < -0.3 is 25.4 Å². The number of nitrogens with one attached hydrogen (secondary N) is 2. The molecule has 3 aliphatic heterocycles. The lowest BCUT2D eigenvalue weighted by molar-refractivity contribution is -0.145. The monoisotopic (exact) mass is 459 g/mol. The van der Waals surface area contributed by atoms with Crippen LogP contribution in [-0.4, -0.2) is 76.5 Å². The van der Waals surface area contributed by atoms with E-state index < -0.39 is 35.6 Å². The van der Waals surface area contributed by atoms with Crippen LogP contribution < -0.4 is 10.6 Å². The third kappa shape index (κ3) is 3.15. The van der Waals surface area contributed by atoms with E-state index in [0.29, 0.717) is 13.0 Å². The van der Waals surface area contributed by atoms with Crippen LogP contribution in [0.15, 0.2) is 0 Å². The number of hydrogen-bond donors (Lipinski definition) is 3. The summed E-state index contributed by atoms with van der Waals surface area (Å²) >= 11 is 3.59. The Labute approximate surface area is 173 Å². The van der Waals surface area contributed by atoms with Gasteiger partial charge in [0.15, 0.2) is 0 Å². The molecule has 3 saturated heterocycles. The number of unbranched alkanes of at least 4 members (excludes halogenated alkanes) is 2. The van der Waals surface area contributed by atoms with Crippen LogP contribution in [0.2, 0.25) is 0 Å². The Morgan fingerprint density at radius 2 is 2.11 bits per heavy atom. The summed E-state index contributed by atoms with van der Waals surface area (Å²) in [5.74, 6) is -2.18. The SMILES string of the molecule is CCCCCNC(=O)C1N([C@H](C)CO)C(=O)[C@@H]2[C@H](C(=O)NC)[C@H]3OC12CC3Br. The molecule has 0 aromatic heterocycles. The first-order chi connectivity index (χ1) is 13.3. The summed E-state index contributed by atoms with van der Waals surface area (Å²) in [6, 6.07) is -1.39. The van der Waals surface area contributed by atoms with Crippen molar-refractivity contribution < 1.29 is 24.2 Å². The lowest BCUT2D eigenvalue weighted by atomic mass is 9.70. The Hall–Kier alpha value is -1.19. The average molecular weight is 460 g/mol. The molecule has 0 radical (unpaired) electrons. The van der Waals surface area contributed by atoms with E-state index in [1.54, 1.807) is 6.92 Å². The molecule has 28 heavy (non-hydrogen) atoms. The second-order valence-corrected chi connectivity index (χ2v) is 9.23. The minimum atomic E-state index is -1.05. The maximum absolute atomic E-state index is 13.4. The molecular formula is C19H30BrN3O5. The number of ether oxygens (including phenoxy) is 1. The molecule has 9 heteroatoms. The molecule has 3 fully saturated rings. The number of aliphatic hydroxyl groups is 1. The highest BCUT2D eigenvalue weighted by Gasteiger charge is 2.76. The lowest BCUT2D eigenvalue weighted by Gasteiger charge is -2.35. The Morgan fingerprint density at radius 1 is 1.39 bits per heavy atom. The Balaban J connectivity index is 1.95. The molecule has 3 aliphatic rings. The van der Waals surface area contributed by atoms with Crippen LogP contribution in [0.5, 0.6) is 0 Å². The fourth-order valence-electron chi connectivity index (χ4n) is 5.08. The first kappa shape index (κ1) is 21.5. The van der Waals surface area contributed by atoms with Gasteiger partial charge >= 0.3 is 0 Å². The van der Waals surface area contributed by atoms with Gasteiger partial charge in [0.25, 0.3) is 0 Å². The van der Waals surface area contributed by atoms with E-state index in [1.807, 2.05) is 0 Å². The smallest absolute Gasteiger partial charge is 0.245 e. The molecule has 0 aromatic carbocycles. The van der Waals surface area contributed by atoms with Crippen molar-refractivity contribution in [3.05, 3.63) is 0 Å². The summed E-state index contributed by atoms with van der Waals surface area (Å²) in [5, 5.41) is 15.3. The van der Waals surface area contributed by atoms with Gasteiger partial charge in [-0.3, -0.25) is 14.4 Å². The van der Waals surface area contributed by atoms with Crippen LogP contribution in [-0.2, 0) is 19.1 Å². The summed E-state index contributed by atoms with van der Waals surface area (Å²) in [5.41, 5.74) is -1.05. The van der Waals surface area contributed by atoms with E-state index in [1.165, 1.54) is 11.9 Å². The Bertz CT molecular complexity index is 647. The summed E-state index contributed by atoms with van der Waals surface area (Å²) < 4.78 is 6.28. The molecule has 0 aliphatic carbocycles. The maximum atomic E-state index is 13.4. The average Bonchev–Trinajstić information content (AvgIpc) is 3.27. The normalized spacial score (nSPS) is 37.1. The van der Waals surface area contributed by atoms with E-state index in [-0.39, 0.29) is 29.2 Å². The second kappa shape index (κ2) is 8.28. The second-order valence-electron chi connectivity index (χ2n) is 8.05. The predicted molar refractivity (Wildman–Crippen MR) is 106 cm³/mol. The number of halogens is 1. The van der Waals surface area contributed by atoms with Crippen molar-refractivity contribution >= 4 is 33.7 Å². The van der Waals surface area contributed by atoms with Crippen LogP contribution in [0, 0.1) is 11.8 Å². The zero-order valence-corrected chi connectivity index (χ0v) is 18.2. The highest BCUT2D eigenvalue weighted by atomic mass is 79.9. The molecule has 3 heterocycles. The number of amides is 3. The number of carbonyl (C=O) groups is 3. The van der Waals surface area contributed by atoms with Crippen LogP contribution in [0.4, 0.5) is 0 Å². The van der Waals surface area contributed by atoms with Crippen molar-refractivity contribution in [2.75, 3.05) is 20.2 Å². The van der Waals surface area contributed by atoms with Gasteiger partial charge in [0, 0.05) is 18.4 Å². The van der Waals surface area contributed by atoms with Crippen molar-refractivity contribution in [1.29, 1.82) is 0 Å². The number of rotatable bonds is 8. The molecule has 8 nitrogen and oxygen atoms in total. The van der Waals surface area contributed by atoms with E-state index in [2.05, 4.69) is 33.5 Å². The molecule has 0 saturated carbocycles. The molecule has 158 valence electrons. The molecule has 2 bridgehead atoms. The summed E-state index contributed by atoms with van der Waals surface area (Å²) in [6.45, 7) is 4.06. The van der Waals surface area contributed by atoms with Crippen molar-refractivity contribution in [3.8, 4) is 0 Å². The number of hydrogen-bond acceptors (Lipinski definition) is 5. The van der Waals surface area contributed by atoms with Gasteiger partial charge in [-0.2, -0.15) is 0 Å². The van der Waals surface area contributed by atoms with Gasteiger partial charge in [-0.25, -0.2) is 0 Å². The van der Waals surface area contributed by atoms with Gasteiger partial charge in [0.1, 0.15) is 11.6 Å². The number of likely N-dealkylation sites (tertiary alicyclic amines) is 1. The molecule has 7 atom stereocenters. The summed E-state index contributed by atoms with van der Waals surface area (Å²) in [4.78, 5) is 40.4. The van der Waals surface area contributed by atoms with E-state index in [0.717, 1.165) is 19.3 Å². The topological polar surface area (TPSA) is 108 Å². The number of fused-ring (bicyclic) bond motifs is 1. The van der Waals surface area contributed by atoms with Crippen molar-refractivity contribution in [2.24, 2.45) is 11.8 Å². The van der Waals surface area contributed by atoms with Gasteiger partial charge in [0.05, 0.1) is 30.6 Å². The largest absolute Gasteiger partial charge is 0.394 e.